The quantitative estimate of drug-likeness (QED) is 0.874. The number of halogens is 1. The van der Waals surface area contributed by atoms with Crippen molar-refractivity contribution < 1.29 is 9.47 Å². The lowest BCUT2D eigenvalue weighted by Gasteiger charge is -2.05. The Morgan fingerprint density at radius 3 is 3.00 bits per heavy atom. The molecular weight excluding hydrogens is 288 g/mol. The zero-order chi connectivity index (χ0) is 13.4. The molecule has 1 aliphatic heterocycles. The molecule has 8 heteroatoms. The molecule has 0 bridgehead atoms. The number of hydrogen-bond donors (Lipinski definition) is 1. The van der Waals surface area contributed by atoms with Crippen molar-refractivity contribution in [1.29, 1.82) is 0 Å². The summed E-state index contributed by atoms with van der Waals surface area (Å²) in [4.78, 5) is 0. The van der Waals surface area contributed by atoms with E-state index in [9.17, 15) is 0 Å². The number of rotatable bonds is 3. The van der Waals surface area contributed by atoms with Gasteiger partial charge in [0.15, 0.2) is 16.7 Å². The van der Waals surface area contributed by atoms with Crippen molar-refractivity contribution in [2.75, 3.05) is 12.5 Å². The predicted molar refractivity (Wildman–Crippen MR) is 72.6 cm³/mol. The fraction of sp³-hybridized carbons (Fsp3) is 0.273. The zero-order valence-corrected chi connectivity index (χ0v) is 11.7. The largest absolute Gasteiger partial charge is 0.454 e. The van der Waals surface area contributed by atoms with Crippen LogP contribution in [0.1, 0.15) is 5.56 Å². The van der Waals surface area contributed by atoms with E-state index in [0.29, 0.717) is 28.2 Å². The monoisotopic (exact) mass is 298 g/mol. The molecule has 0 radical (unpaired) electrons. The highest BCUT2D eigenvalue weighted by Crippen LogP contribution is 2.40. The van der Waals surface area contributed by atoms with E-state index in [4.69, 9.17) is 26.8 Å². The van der Waals surface area contributed by atoms with Crippen molar-refractivity contribution in [1.82, 2.24) is 14.8 Å². The van der Waals surface area contributed by atoms with Crippen molar-refractivity contribution >= 4 is 29.3 Å². The number of nitrogens with two attached hydrogens (primary N) is 1. The van der Waals surface area contributed by atoms with Crippen LogP contribution >= 0.6 is 23.4 Å². The van der Waals surface area contributed by atoms with Crippen LogP contribution in [0.4, 0.5) is 5.95 Å². The van der Waals surface area contributed by atoms with E-state index in [1.807, 2.05) is 19.2 Å². The van der Waals surface area contributed by atoms with Crippen LogP contribution in [0.15, 0.2) is 17.3 Å². The average molecular weight is 299 g/mol. The van der Waals surface area contributed by atoms with Gasteiger partial charge in [-0.15, -0.1) is 10.2 Å². The smallest absolute Gasteiger partial charge is 0.231 e. The number of ether oxygens (including phenoxy) is 2. The van der Waals surface area contributed by atoms with Crippen molar-refractivity contribution in [3.05, 3.63) is 22.7 Å². The second kappa shape index (κ2) is 4.82. The second-order valence-electron chi connectivity index (χ2n) is 4.00. The van der Waals surface area contributed by atoms with Crippen LogP contribution in [0, 0.1) is 0 Å². The topological polar surface area (TPSA) is 75.2 Å². The van der Waals surface area contributed by atoms with Crippen LogP contribution in [0.2, 0.25) is 5.02 Å². The van der Waals surface area contributed by atoms with Crippen molar-refractivity contribution in [2.45, 2.75) is 10.9 Å². The van der Waals surface area contributed by atoms with Crippen LogP contribution in [0.25, 0.3) is 0 Å². The average Bonchev–Trinajstić information content (AvgIpc) is 2.97. The van der Waals surface area contributed by atoms with Gasteiger partial charge in [0.25, 0.3) is 0 Å². The first-order chi connectivity index (χ1) is 9.15. The van der Waals surface area contributed by atoms with E-state index in [1.54, 1.807) is 4.57 Å². The first-order valence-corrected chi connectivity index (χ1v) is 6.87. The molecule has 0 saturated carbocycles. The van der Waals surface area contributed by atoms with Gasteiger partial charge < -0.3 is 15.2 Å². The Kier molecular flexibility index (Phi) is 3.16. The van der Waals surface area contributed by atoms with E-state index in [-0.39, 0.29) is 6.79 Å². The highest BCUT2D eigenvalue weighted by Gasteiger charge is 2.18. The maximum atomic E-state index is 6.12. The number of thioether (sulfide) groups is 1. The molecule has 1 aromatic carbocycles. The predicted octanol–water partition coefficient (Wildman–Crippen LogP) is 2.07. The molecule has 0 atom stereocenters. The summed E-state index contributed by atoms with van der Waals surface area (Å²) in [6.45, 7) is 0.214. The number of nitrogens with zero attached hydrogens (tertiary/aromatic N) is 3. The minimum absolute atomic E-state index is 0.214. The first-order valence-electron chi connectivity index (χ1n) is 5.51. The van der Waals surface area contributed by atoms with E-state index >= 15 is 0 Å². The Labute approximate surface area is 118 Å². The molecule has 6 nitrogen and oxygen atoms in total. The molecule has 2 heterocycles. The third kappa shape index (κ3) is 2.31. The van der Waals surface area contributed by atoms with Gasteiger partial charge in [0.1, 0.15) is 0 Å². The van der Waals surface area contributed by atoms with Gasteiger partial charge in [0.05, 0.1) is 5.02 Å². The maximum Gasteiger partial charge on any atom is 0.231 e. The molecule has 0 unspecified atom stereocenters. The van der Waals surface area contributed by atoms with E-state index in [1.165, 1.54) is 11.8 Å². The van der Waals surface area contributed by atoms with Crippen molar-refractivity contribution in [3.8, 4) is 11.5 Å². The molecule has 0 saturated heterocycles. The molecule has 19 heavy (non-hydrogen) atoms. The highest BCUT2D eigenvalue weighted by molar-refractivity contribution is 7.98. The molecule has 100 valence electrons. The Morgan fingerprint density at radius 1 is 1.42 bits per heavy atom. The fourth-order valence-corrected chi connectivity index (χ4v) is 2.84. The van der Waals surface area contributed by atoms with Gasteiger partial charge in [-0.05, 0) is 17.7 Å². The molecule has 0 spiro atoms. The number of anilines is 1. The summed E-state index contributed by atoms with van der Waals surface area (Å²) < 4.78 is 12.3. The standard InChI is InChI=1S/C11H11ClN4O2S/c1-16-10(13)14-15-11(16)19-4-6-2-7(12)9-8(3-6)17-5-18-9/h2-3H,4-5H2,1H3,(H2,13,14). The van der Waals surface area contributed by atoms with Gasteiger partial charge in [-0.25, -0.2) is 0 Å². The van der Waals surface area contributed by atoms with Gasteiger partial charge in [0, 0.05) is 12.8 Å². The van der Waals surface area contributed by atoms with Gasteiger partial charge in [-0.1, -0.05) is 23.4 Å². The Hall–Kier alpha value is -1.60. The zero-order valence-electron chi connectivity index (χ0n) is 10.1. The minimum Gasteiger partial charge on any atom is -0.454 e. The lowest BCUT2D eigenvalue weighted by molar-refractivity contribution is 0.174. The third-order valence-electron chi connectivity index (χ3n) is 2.72. The van der Waals surface area contributed by atoms with E-state index in [0.717, 1.165) is 10.7 Å². The van der Waals surface area contributed by atoms with Crippen LogP contribution in [-0.4, -0.2) is 21.6 Å². The summed E-state index contributed by atoms with van der Waals surface area (Å²) in [6.07, 6.45) is 0. The van der Waals surface area contributed by atoms with Crippen LogP contribution in [0.5, 0.6) is 11.5 Å². The molecule has 0 amide bonds. The Bertz CT molecular complexity index is 631. The number of hydrogen-bond acceptors (Lipinski definition) is 6. The van der Waals surface area contributed by atoms with Crippen LogP contribution in [-0.2, 0) is 12.8 Å². The lowest BCUT2D eigenvalue weighted by Crippen LogP contribution is -1.98. The summed E-state index contributed by atoms with van der Waals surface area (Å²) in [5.41, 5.74) is 6.65. The number of nitrogen functional groups attached to an aromatic ring is 1. The summed E-state index contributed by atoms with van der Waals surface area (Å²) in [5.74, 6) is 2.38. The number of fused-ring (bicyclic) bond motifs is 1. The molecule has 0 fully saturated rings. The SMILES string of the molecule is Cn1c(N)nnc1SCc1cc(Cl)c2c(c1)OCO2. The Morgan fingerprint density at radius 2 is 2.26 bits per heavy atom. The molecule has 2 N–H and O–H groups in total. The summed E-state index contributed by atoms with van der Waals surface area (Å²) in [7, 11) is 1.82. The van der Waals surface area contributed by atoms with Crippen LogP contribution in [0.3, 0.4) is 0 Å². The summed E-state index contributed by atoms with van der Waals surface area (Å²) >= 11 is 7.65. The molecule has 2 aromatic rings. The molecule has 1 aromatic heterocycles. The van der Waals surface area contributed by atoms with E-state index < -0.39 is 0 Å². The second-order valence-corrected chi connectivity index (χ2v) is 5.35. The third-order valence-corrected chi connectivity index (χ3v) is 4.10. The van der Waals surface area contributed by atoms with Gasteiger partial charge >= 0.3 is 0 Å². The lowest BCUT2D eigenvalue weighted by atomic mass is 10.2. The molecule has 3 rings (SSSR count). The molecule has 0 aliphatic carbocycles. The first kappa shape index (κ1) is 12.4. The number of benzene rings is 1. The Balaban J connectivity index is 1.77. The van der Waals surface area contributed by atoms with Gasteiger partial charge in [-0.2, -0.15) is 0 Å². The number of aromatic nitrogens is 3. The minimum atomic E-state index is 0.214. The van der Waals surface area contributed by atoms with E-state index in [2.05, 4.69) is 10.2 Å². The summed E-state index contributed by atoms with van der Waals surface area (Å²) in [5, 5.41) is 9.10. The summed E-state index contributed by atoms with van der Waals surface area (Å²) in [6, 6.07) is 3.78. The normalized spacial score (nSPS) is 12.9. The van der Waals surface area contributed by atoms with Crippen LogP contribution < -0.4 is 15.2 Å². The molecular formula is C11H11ClN4O2S. The highest BCUT2D eigenvalue weighted by atomic mass is 35.5. The fourth-order valence-electron chi connectivity index (χ4n) is 1.70. The van der Waals surface area contributed by atoms with Gasteiger partial charge in [0.2, 0.25) is 12.7 Å². The maximum absolute atomic E-state index is 6.12. The van der Waals surface area contributed by atoms with Crippen molar-refractivity contribution in [2.24, 2.45) is 7.05 Å². The van der Waals surface area contributed by atoms with Crippen molar-refractivity contribution in [3.63, 3.8) is 0 Å². The van der Waals surface area contributed by atoms with Gasteiger partial charge in [-0.3, -0.25) is 4.57 Å². The molecule has 1 aliphatic rings.